The summed E-state index contributed by atoms with van der Waals surface area (Å²) in [5, 5.41) is 7.07. The van der Waals surface area contributed by atoms with Gasteiger partial charge in [-0.25, -0.2) is 26.8 Å². The smallest absolute Gasteiger partial charge is 0.243 e. The lowest BCUT2D eigenvalue weighted by atomic mass is 10.0. The number of halogens is 2. The molecule has 0 atom stereocenters. The van der Waals surface area contributed by atoms with E-state index in [0.717, 1.165) is 32.8 Å². The Kier molecular flexibility index (Phi) is 13.0. The zero-order valence-electron chi connectivity index (χ0n) is 32.6. The van der Waals surface area contributed by atoms with Gasteiger partial charge in [0.05, 0.1) is 21.2 Å². The Labute approximate surface area is 359 Å². The minimum absolute atomic E-state index is 0.279. The summed E-state index contributed by atoms with van der Waals surface area (Å²) in [4.78, 5) is 14.5. The molecular weight excluding hydrogens is 852 g/mol. The van der Waals surface area contributed by atoms with Crippen LogP contribution in [0.1, 0.15) is 22.3 Å². The number of nitrogens with zero attached hydrogens (tertiary/aromatic N) is 6. The van der Waals surface area contributed by atoms with E-state index in [9.17, 15) is 16.8 Å². The summed E-state index contributed by atoms with van der Waals surface area (Å²) >= 11 is 15.0. The molecule has 16 heteroatoms. The Morgan fingerprint density at radius 2 is 0.983 bits per heavy atom. The van der Waals surface area contributed by atoms with Gasteiger partial charge in [0, 0.05) is 84.3 Å². The second kappa shape index (κ2) is 17.8. The summed E-state index contributed by atoms with van der Waals surface area (Å²) in [6.45, 7) is 12.6. The molecule has 2 saturated heterocycles. The number of rotatable bonds is 8. The number of aromatic nitrogens is 2. The summed E-state index contributed by atoms with van der Waals surface area (Å²) in [5.74, 6) is 0. The van der Waals surface area contributed by atoms with Crippen molar-refractivity contribution in [2.24, 2.45) is 0 Å². The Balaban J connectivity index is 0.000000177. The van der Waals surface area contributed by atoms with Gasteiger partial charge in [0.15, 0.2) is 10.3 Å². The molecule has 2 fully saturated rings. The number of sulfonamides is 2. The first-order chi connectivity index (χ1) is 27.7. The highest BCUT2D eigenvalue weighted by molar-refractivity contribution is 7.89. The highest BCUT2D eigenvalue weighted by Gasteiger charge is 2.31. The highest BCUT2D eigenvalue weighted by Crippen LogP contribution is 2.33. The lowest BCUT2D eigenvalue weighted by molar-refractivity contribution is 0.384. The third-order valence-electron chi connectivity index (χ3n) is 10.5. The number of anilines is 2. The van der Waals surface area contributed by atoms with E-state index in [1.54, 1.807) is 71.2 Å². The summed E-state index contributed by atoms with van der Waals surface area (Å²) in [5.41, 5.74) is 9.14. The molecule has 4 aromatic carbocycles. The lowest BCUT2D eigenvalue weighted by Crippen LogP contribution is -2.48. The van der Waals surface area contributed by atoms with Crippen molar-refractivity contribution in [3.63, 3.8) is 0 Å². The number of hydrogen-bond donors (Lipinski definition) is 0. The molecule has 0 N–H and O–H groups in total. The van der Waals surface area contributed by atoms with Crippen LogP contribution in [-0.2, 0) is 20.0 Å². The molecule has 8 rings (SSSR count). The first-order valence-corrected chi connectivity index (χ1v) is 24.2. The fraction of sp³-hybridized carbons (Fsp3) is 0.286. The van der Waals surface area contributed by atoms with Crippen LogP contribution in [-0.4, -0.2) is 87.8 Å². The predicted octanol–water partition coefficient (Wildman–Crippen LogP) is 9.18. The molecule has 2 aliphatic rings. The fourth-order valence-corrected chi connectivity index (χ4v) is 11.7. The molecule has 0 saturated carbocycles. The maximum atomic E-state index is 12.9. The molecule has 0 bridgehead atoms. The van der Waals surface area contributed by atoms with E-state index in [-0.39, 0.29) is 9.79 Å². The Morgan fingerprint density at radius 3 is 1.45 bits per heavy atom. The van der Waals surface area contributed by atoms with Crippen molar-refractivity contribution in [3.05, 3.63) is 128 Å². The van der Waals surface area contributed by atoms with Crippen molar-refractivity contribution in [2.45, 2.75) is 37.5 Å². The minimum Gasteiger partial charge on any atom is -0.345 e. The second-order valence-electron chi connectivity index (χ2n) is 14.3. The van der Waals surface area contributed by atoms with Gasteiger partial charge in [0.25, 0.3) is 0 Å². The molecule has 0 radical (unpaired) electrons. The molecule has 10 nitrogen and oxygen atoms in total. The van der Waals surface area contributed by atoms with Crippen molar-refractivity contribution >= 4 is 76.2 Å². The van der Waals surface area contributed by atoms with Crippen molar-refractivity contribution in [1.29, 1.82) is 0 Å². The monoisotopic (exact) mass is 894 g/mol. The van der Waals surface area contributed by atoms with Gasteiger partial charge >= 0.3 is 0 Å². The Hall–Kier alpha value is -3.86. The van der Waals surface area contributed by atoms with Crippen LogP contribution in [0.25, 0.3) is 22.5 Å². The third kappa shape index (κ3) is 9.29. The van der Waals surface area contributed by atoms with Crippen molar-refractivity contribution in [2.75, 3.05) is 62.2 Å². The van der Waals surface area contributed by atoms with Gasteiger partial charge in [0.1, 0.15) is 0 Å². The molecule has 304 valence electrons. The molecule has 2 aliphatic heterocycles. The standard InChI is InChI=1S/2C21H22ClN3O2S2/c1-15-3-4-16(2)19(13-15)20-14-28-21(23-20)24-9-11-25(12-10-24)29(26,27)18-7-5-17(22)6-8-18;1-15-4-3-5-19(16(15)2)20-14-28-21(23-20)24-10-12-25(13-11-24)29(26,27)18-8-6-17(22)7-9-18/h3-8,13-14H,9-12H2,1-2H3;3-9,14H,10-13H2,1-2H3. The van der Waals surface area contributed by atoms with E-state index in [2.05, 4.69) is 84.7 Å². The van der Waals surface area contributed by atoms with Gasteiger partial charge in [-0.15, -0.1) is 22.7 Å². The molecule has 2 aromatic heterocycles. The molecule has 58 heavy (non-hydrogen) atoms. The minimum atomic E-state index is -3.50. The Morgan fingerprint density at radius 1 is 0.534 bits per heavy atom. The second-order valence-corrected chi connectivity index (χ2v) is 20.7. The Bertz CT molecular complexity index is 2470. The SMILES string of the molecule is Cc1ccc(C)c(-c2csc(N3CCN(S(=O)(=O)c4ccc(Cl)cc4)CC3)n2)c1.Cc1cccc(-c2csc(N3CCN(S(=O)(=O)c4ccc(Cl)cc4)CC3)n2)c1C. The summed E-state index contributed by atoms with van der Waals surface area (Å²) in [6, 6.07) is 25.3. The first-order valence-electron chi connectivity index (χ1n) is 18.8. The van der Waals surface area contributed by atoms with Gasteiger partial charge in [-0.05, 0) is 99.0 Å². The van der Waals surface area contributed by atoms with E-state index < -0.39 is 20.0 Å². The van der Waals surface area contributed by atoms with E-state index in [1.807, 2.05) is 0 Å². The van der Waals surface area contributed by atoms with Gasteiger partial charge in [-0.1, -0.05) is 59.1 Å². The molecule has 0 amide bonds. The molecular formula is C42H44Cl2N6O4S4. The topological polar surface area (TPSA) is 107 Å². The van der Waals surface area contributed by atoms with Crippen LogP contribution in [0.4, 0.5) is 10.3 Å². The molecule has 0 unspecified atom stereocenters. The molecule has 0 spiro atoms. The summed E-state index contributed by atoms with van der Waals surface area (Å²) < 4.78 is 54.5. The van der Waals surface area contributed by atoms with Crippen LogP contribution in [0.15, 0.2) is 105 Å². The first kappa shape index (κ1) is 42.3. The normalized spacial score (nSPS) is 15.6. The van der Waals surface area contributed by atoms with E-state index in [4.69, 9.17) is 33.2 Å². The number of aryl methyl sites for hydroxylation is 3. The molecule has 0 aliphatic carbocycles. The van der Waals surface area contributed by atoms with Gasteiger partial charge in [0.2, 0.25) is 20.0 Å². The van der Waals surface area contributed by atoms with Crippen molar-refractivity contribution in [3.8, 4) is 22.5 Å². The maximum absolute atomic E-state index is 12.9. The number of piperazine rings is 2. The van der Waals surface area contributed by atoms with E-state index in [1.165, 1.54) is 30.9 Å². The number of hydrogen-bond acceptors (Lipinski definition) is 10. The molecule has 4 heterocycles. The van der Waals surface area contributed by atoms with Crippen molar-refractivity contribution in [1.82, 2.24) is 18.6 Å². The van der Waals surface area contributed by atoms with Crippen molar-refractivity contribution < 1.29 is 16.8 Å². The highest BCUT2D eigenvalue weighted by atomic mass is 35.5. The van der Waals surface area contributed by atoms with E-state index >= 15 is 0 Å². The molecule has 6 aromatic rings. The average molecular weight is 896 g/mol. The largest absolute Gasteiger partial charge is 0.345 e. The van der Waals surface area contributed by atoms with Crippen LogP contribution in [0.2, 0.25) is 10.0 Å². The quantitative estimate of drug-likeness (QED) is 0.149. The van der Waals surface area contributed by atoms with Crippen LogP contribution in [0, 0.1) is 27.7 Å². The van der Waals surface area contributed by atoms with E-state index in [0.29, 0.717) is 62.4 Å². The third-order valence-corrected chi connectivity index (χ3v) is 16.6. The zero-order valence-corrected chi connectivity index (χ0v) is 37.4. The van der Waals surface area contributed by atoms with Crippen LogP contribution < -0.4 is 9.80 Å². The van der Waals surface area contributed by atoms with Crippen LogP contribution >= 0.6 is 45.9 Å². The average Bonchev–Trinajstić information content (AvgIpc) is 3.92. The fourth-order valence-electron chi connectivity index (χ4n) is 6.86. The lowest BCUT2D eigenvalue weighted by Gasteiger charge is -2.33. The van der Waals surface area contributed by atoms with Gasteiger partial charge in [-0.2, -0.15) is 8.61 Å². The zero-order chi connectivity index (χ0) is 41.2. The van der Waals surface area contributed by atoms with Gasteiger partial charge < -0.3 is 9.80 Å². The van der Waals surface area contributed by atoms with Gasteiger partial charge in [-0.3, -0.25) is 0 Å². The maximum Gasteiger partial charge on any atom is 0.243 e. The number of benzene rings is 4. The number of thiazole rings is 2. The predicted molar refractivity (Wildman–Crippen MR) is 239 cm³/mol. The summed E-state index contributed by atoms with van der Waals surface area (Å²) in [7, 11) is -7.00. The van der Waals surface area contributed by atoms with Crippen LogP contribution in [0.3, 0.4) is 0 Å². The summed E-state index contributed by atoms with van der Waals surface area (Å²) in [6.07, 6.45) is 0. The van der Waals surface area contributed by atoms with Crippen LogP contribution in [0.5, 0.6) is 0 Å².